The molecule has 0 aliphatic carbocycles. The topological polar surface area (TPSA) is 106 Å². The van der Waals surface area contributed by atoms with Gasteiger partial charge in [0.1, 0.15) is 11.5 Å². The lowest BCUT2D eigenvalue weighted by Gasteiger charge is -2.24. The van der Waals surface area contributed by atoms with E-state index >= 15 is 0 Å². The van der Waals surface area contributed by atoms with Crippen LogP contribution in [0.4, 0.5) is 21.5 Å². The summed E-state index contributed by atoms with van der Waals surface area (Å²) in [5.41, 5.74) is 7.15. The van der Waals surface area contributed by atoms with Gasteiger partial charge in [-0.2, -0.15) is 0 Å². The number of nitrogens with zero attached hydrogens (tertiary/aromatic N) is 1. The highest BCUT2D eigenvalue weighted by atomic mass is 35.5. The van der Waals surface area contributed by atoms with Gasteiger partial charge in [0, 0.05) is 40.8 Å². The SMILES string of the molecule is CN1C=C(c2cc(N)ccc2Nc2ccc(Cl)cc2F)C(=N)C(=N)C1=O. The molecule has 0 bridgehead atoms. The summed E-state index contributed by atoms with van der Waals surface area (Å²) in [4.78, 5) is 13.1. The highest BCUT2D eigenvalue weighted by molar-refractivity contribution is 6.75. The van der Waals surface area contributed by atoms with Gasteiger partial charge in [-0.1, -0.05) is 11.6 Å². The monoisotopic (exact) mass is 371 g/mol. The second-order valence-electron chi connectivity index (χ2n) is 5.76. The van der Waals surface area contributed by atoms with Crippen LogP contribution in [0.15, 0.2) is 42.6 Å². The highest BCUT2D eigenvalue weighted by Crippen LogP contribution is 2.32. The van der Waals surface area contributed by atoms with E-state index in [9.17, 15) is 9.18 Å². The Labute approximate surface area is 154 Å². The van der Waals surface area contributed by atoms with E-state index in [-0.39, 0.29) is 16.4 Å². The number of hydrogen-bond donors (Lipinski definition) is 4. The number of nitrogens with two attached hydrogens (primary N) is 1. The number of allylic oxidation sites excluding steroid dienone is 1. The molecule has 8 heteroatoms. The van der Waals surface area contributed by atoms with Crippen LogP contribution in [0.1, 0.15) is 5.56 Å². The molecule has 0 atom stereocenters. The van der Waals surface area contributed by atoms with Gasteiger partial charge in [-0.25, -0.2) is 4.39 Å². The van der Waals surface area contributed by atoms with Gasteiger partial charge in [0.15, 0.2) is 0 Å². The molecule has 132 valence electrons. The molecule has 2 aromatic rings. The number of nitrogens with one attached hydrogen (secondary N) is 3. The summed E-state index contributed by atoms with van der Waals surface area (Å²) in [6.07, 6.45) is 1.46. The Bertz CT molecular complexity index is 986. The van der Waals surface area contributed by atoms with Crippen LogP contribution in [0.3, 0.4) is 0 Å². The summed E-state index contributed by atoms with van der Waals surface area (Å²) in [7, 11) is 1.50. The van der Waals surface area contributed by atoms with Crippen LogP contribution in [0.25, 0.3) is 5.57 Å². The Hall–Kier alpha value is -3.19. The van der Waals surface area contributed by atoms with Gasteiger partial charge < -0.3 is 16.0 Å². The minimum Gasteiger partial charge on any atom is -0.399 e. The van der Waals surface area contributed by atoms with E-state index in [1.54, 1.807) is 24.3 Å². The van der Waals surface area contributed by atoms with Crippen LogP contribution in [0, 0.1) is 16.6 Å². The quantitative estimate of drug-likeness (QED) is 0.618. The molecule has 0 unspecified atom stereocenters. The standard InChI is InChI=1S/C18H15ClFN5O/c1-25-8-12(16(22)17(23)18(25)26)11-7-10(21)3-5-14(11)24-15-4-2-9(19)6-13(15)20/h2-8,22-24H,21H2,1H3. The predicted molar refractivity (Wildman–Crippen MR) is 102 cm³/mol. The Kier molecular flexibility index (Phi) is 4.48. The number of carbonyl (C=O) groups excluding carboxylic acids is 1. The Morgan fingerprint density at radius 3 is 2.50 bits per heavy atom. The number of benzene rings is 2. The minimum atomic E-state index is -0.569. The summed E-state index contributed by atoms with van der Waals surface area (Å²) in [5.74, 6) is -1.10. The molecule has 1 heterocycles. The molecule has 5 N–H and O–H groups in total. The van der Waals surface area contributed by atoms with Gasteiger partial charge in [0.2, 0.25) is 0 Å². The first-order valence-electron chi connectivity index (χ1n) is 7.56. The summed E-state index contributed by atoms with van der Waals surface area (Å²) < 4.78 is 14.1. The van der Waals surface area contributed by atoms with E-state index in [2.05, 4.69) is 5.32 Å². The number of halogens is 2. The summed E-state index contributed by atoms with van der Waals surface area (Å²) in [6.45, 7) is 0. The second-order valence-corrected chi connectivity index (χ2v) is 6.20. The number of carbonyl (C=O) groups is 1. The van der Waals surface area contributed by atoms with Crippen LogP contribution in [-0.2, 0) is 4.79 Å². The molecule has 0 saturated carbocycles. The van der Waals surface area contributed by atoms with Crippen LogP contribution < -0.4 is 11.1 Å². The van der Waals surface area contributed by atoms with Crippen molar-refractivity contribution in [3.8, 4) is 0 Å². The fourth-order valence-electron chi connectivity index (χ4n) is 2.57. The van der Waals surface area contributed by atoms with E-state index in [0.29, 0.717) is 22.5 Å². The second kappa shape index (κ2) is 6.61. The maximum atomic E-state index is 14.1. The number of nitrogen functional groups attached to an aromatic ring is 1. The molecule has 26 heavy (non-hydrogen) atoms. The fourth-order valence-corrected chi connectivity index (χ4v) is 2.73. The first kappa shape index (κ1) is 17.6. The number of amides is 1. The molecule has 0 aromatic heterocycles. The Balaban J connectivity index is 2.09. The van der Waals surface area contributed by atoms with Gasteiger partial charge in [0.25, 0.3) is 5.91 Å². The van der Waals surface area contributed by atoms with E-state index in [4.69, 9.17) is 28.2 Å². The van der Waals surface area contributed by atoms with E-state index in [1.807, 2.05) is 0 Å². The number of rotatable bonds is 3. The fraction of sp³-hybridized carbons (Fsp3) is 0.0556. The molecule has 6 nitrogen and oxygen atoms in total. The van der Waals surface area contributed by atoms with Crippen LogP contribution in [-0.4, -0.2) is 29.3 Å². The average Bonchev–Trinajstić information content (AvgIpc) is 2.60. The third-order valence-corrected chi connectivity index (χ3v) is 4.15. The Morgan fingerprint density at radius 1 is 1.12 bits per heavy atom. The van der Waals surface area contributed by atoms with Crippen molar-refractivity contribution in [3.63, 3.8) is 0 Å². The smallest absolute Gasteiger partial charge is 0.277 e. The zero-order chi connectivity index (χ0) is 19.0. The molecule has 0 saturated heterocycles. The van der Waals surface area contributed by atoms with Crippen LogP contribution >= 0.6 is 11.6 Å². The van der Waals surface area contributed by atoms with Crippen LogP contribution in [0.2, 0.25) is 5.02 Å². The molecule has 2 aromatic carbocycles. The molecular weight excluding hydrogens is 357 g/mol. The van der Waals surface area contributed by atoms with Crippen molar-refractivity contribution in [2.75, 3.05) is 18.1 Å². The molecule has 0 spiro atoms. The molecule has 1 aliphatic rings. The first-order valence-corrected chi connectivity index (χ1v) is 7.94. The lowest BCUT2D eigenvalue weighted by atomic mass is 9.93. The third kappa shape index (κ3) is 3.16. The third-order valence-electron chi connectivity index (χ3n) is 3.91. The molecule has 0 radical (unpaired) electrons. The largest absolute Gasteiger partial charge is 0.399 e. The van der Waals surface area contributed by atoms with Crippen molar-refractivity contribution in [1.29, 1.82) is 10.8 Å². The van der Waals surface area contributed by atoms with E-state index in [1.165, 1.54) is 30.3 Å². The zero-order valence-corrected chi connectivity index (χ0v) is 14.5. The summed E-state index contributed by atoms with van der Waals surface area (Å²) >= 11 is 5.78. The number of anilines is 3. The summed E-state index contributed by atoms with van der Waals surface area (Å²) in [5, 5.41) is 19.2. The van der Waals surface area contributed by atoms with Crippen molar-refractivity contribution in [2.24, 2.45) is 0 Å². The lowest BCUT2D eigenvalue weighted by molar-refractivity contribution is -0.120. The van der Waals surface area contributed by atoms with Crippen molar-refractivity contribution >= 4 is 51.6 Å². The van der Waals surface area contributed by atoms with Gasteiger partial charge in [-0.3, -0.25) is 15.6 Å². The molecule has 1 amide bonds. The molecular formula is C18H15ClFN5O. The van der Waals surface area contributed by atoms with Crippen molar-refractivity contribution in [2.45, 2.75) is 0 Å². The van der Waals surface area contributed by atoms with Gasteiger partial charge in [-0.05, 0) is 36.4 Å². The van der Waals surface area contributed by atoms with Crippen molar-refractivity contribution < 1.29 is 9.18 Å². The van der Waals surface area contributed by atoms with Crippen molar-refractivity contribution in [3.05, 3.63) is 59.0 Å². The maximum Gasteiger partial charge on any atom is 0.277 e. The lowest BCUT2D eigenvalue weighted by Crippen LogP contribution is -2.38. The van der Waals surface area contributed by atoms with Gasteiger partial charge >= 0.3 is 0 Å². The first-order chi connectivity index (χ1) is 12.3. The van der Waals surface area contributed by atoms with Crippen molar-refractivity contribution in [1.82, 2.24) is 4.90 Å². The predicted octanol–water partition coefficient (Wildman–Crippen LogP) is 3.66. The average molecular weight is 372 g/mol. The highest BCUT2D eigenvalue weighted by Gasteiger charge is 2.28. The Morgan fingerprint density at radius 2 is 1.81 bits per heavy atom. The molecule has 3 rings (SSSR count). The van der Waals surface area contributed by atoms with E-state index < -0.39 is 17.4 Å². The van der Waals surface area contributed by atoms with E-state index in [0.717, 1.165) is 0 Å². The molecule has 0 fully saturated rings. The normalized spacial score (nSPS) is 14.5. The maximum absolute atomic E-state index is 14.1. The number of hydrogen-bond acceptors (Lipinski definition) is 5. The van der Waals surface area contributed by atoms with Gasteiger partial charge in [0.05, 0.1) is 11.4 Å². The van der Waals surface area contributed by atoms with Gasteiger partial charge in [-0.15, -0.1) is 0 Å². The minimum absolute atomic E-state index is 0.197. The zero-order valence-electron chi connectivity index (χ0n) is 13.7. The molecule has 1 aliphatic heterocycles. The summed E-state index contributed by atoms with van der Waals surface area (Å²) in [6, 6.07) is 9.11. The van der Waals surface area contributed by atoms with Crippen LogP contribution in [0.5, 0.6) is 0 Å².